The molecule has 1 aromatic carbocycles. The zero-order valence-electron chi connectivity index (χ0n) is 12.3. The fraction of sp³-hybridized carbons (Fsp3) is 0.333. The van der Waals surface area contributed by atoms with Crippen LogP contribution in [0.5, 0.6) is 11.5 Å². The molecule has 0 radical (unpaired) electrons. The van der Waals surface area contributed by atoms with Crippen molar-refractivity contribution >= 4 is 51.6 Å². The molecule has 0 unspecified atom stereocenters. The lowest BCUT2D eigenvalue weighted by Gasteiger charge is -2.10. The number of carbonyl (C=O) groups is 2. The highest BCUT2D eigenvalue weighted by Gasteiger charge is 2.34. The van der Waals surface area contributed by atoms with Crippen molar-refractivity contribution in [2.45, 2.75) is 20.3 Å². The largest absolute Gasteiger partial charge is 0.504 e. The van der Waals surface area contributed by atoms with Gasteiger partial charge in [-0.3, -0.25) is 14.5 Å². The van der Waals surface area contributed by atoms with Crippen LogP contribution < -0.4 is 4.74 Å². The van der Waals surface area contributed by atoms with E-state index in [1.165, 1.54) is 4.90 Å². The smallest absolute Gasteiger partial charge is 0.293 e. The van der Waals surface area contributed by atoms with Crippen molar-refractivity contribution in [2.24, 2.45) is 0 Å². The van der Waals surface area contributed by atoms with Crippen molar-refractivity contribution in [2.75, 3.05) is 13.2 Å². The van der Waals surface area contributed by atoms with Crippen molar-refractivity contribution < 1.29 is 19.4 Å². The quantitative estimate of drug-likeness (QED) is 0.565. The topological polar surface area (TPSA) is 66.8 Å². The van der Waals surface area contributed by atoms with Crippen LogP contribution >= 0.6 is 34.4 Å². The molecular weight excluding hydrogens is 417 g/mol. The van der Waals surface area contributed by atoms with Crippen LogP contribution in [0, 0.1) is 3.57 Å². The van der Waals surface area contributed by atoms with E-state index >= 15 is 0 Å². The lowest BCUT2D eigenvalue weighted by Crippen LogP contribution is -2.28. The summed E-state index contributed by atoms with van der Waals surface area (Å²) in [5, 5.41) is 9.69. The third-order valence-corrected chi connectivity index (χ3v) is 4.70. The number of phenolic OH excluding ortho intramolecular Hbond substituents is 1. The number of aromatic hydroxyl groups is 1. The summed E-state index contributed by atoms with van der Waals surface area (Å²) < 4.78 is 6.00. The summed E-state index contributed by atoms with van der Waals surface area (Å²) in [6, 6.07) is 3.40. The van der Waals surface area contributed by atoms with Gasteiger partial charge in [0, 0.05) is 6.54 Å². The minimum atomic E-state index is -0.266. The first-order valence-electron chi connectivity index (χ1n) is 6.88. The molecule has 0 aromatic heterocycles. The van der Waals surface area contributed by atoms with Gasteiger partial charge in [-0.2, -0.15) is 0 Å². The Morgan fingerprint density at radius 1 is 1.36 bits per heavy atom. The Bertz CT molecular complexity index is 645. The zero-order chi connectivity index (χ0) is 16.3. The Labute approximate surface area is 146 Å². The number of thioether (sulfide) groups is 1. The fourth-order valence-electron chi connectivity index (χ4n) is 2.01. The van der Waals surface area contributed by atoms with E-state index in [9.17, 15) is 14.7 Å². The highest BCUT2D eigenvalue weighted by molar-refractivity contribution is 14.1. The van der Waals surface area contributed by atoms with Crippen LogP contribution in [0.1, 0.15) is 25.8 Å². The van der Waals surface area contributed by atoms with E-state index in [0.29, 0.717) is 32.9 Å². The molecule has 1 N–H and O–H groups in total. The highest BCUT2D eigenvalue weighted by Crippen LogP contribution is 2.36. The number of rotatable bonds is 5. The molecule has 2 amide bonds. The van der Waals surface area contributed by atoms with Gasteiger partial charge < -0.3 is 9.84 Å². The van der Waals surface area contributed by atoms with E-state index in [4.69, 9.17) is 4.74 Å². The number of ether oxygens (including phenoxy) is 1. The molecule has 0 saturated carbocycles. The molecule has 0 atom stereocenters. The predicted molar refractivity (Wildman–Crippen MR) is 95.0 cm³/mol. The van der Waals surface area contributed by atoms with E-state index in [-0.39, 0.29) is 16.9 Å². The normalized spacial score (nSPS) is 16.7. The molecular formula is C15H16INO4S. The summed E-state index contributed by atoms with van der Waals surface area (Å²) in [6.45, 7) is 4.61. The van der Waals surface area contributed by atoms with Gasteiger partial charge in [-0.15, -0.1) is 0 Å². The molecule has 1 heterocycles. The van der Waals surface area contributed by atoms with Gasteiger partial charge >= 0.3 is 0 Å². The highest BCUT2D eigenvalue weighted by atomic mass is 127. The SMILES string of the molecule is CCCN1C(=O)S/C(=C/c2cc(I)c(O)c(OCC)c2)C1=O. The molecule has 1 aliphatic rings. The minimum Gasteiger partial charge on any atom is -0.504 e. The zero-order valence-corrected chi connectivity index (χ0v) is 15.2. The summed E-state index contributed by atoms with van der Waals surface area (Å²) in [5.74, 6) is 0.185. The third-order valence-electron chi connectivity index (χ3n) is 2.97. The van der Waals surface area contributed by atoms with Gasteiger partial charge in [0.15, 0.2) is 11.5 Å². The van der Waals surface area contributed by atoms with Crippen molar-refractivity contribution in [3.05, 3.63) is 26.2 Å². The molecule has 0 aliphatic carbocycles. The van der Waals surface area contributed by atoms with Crippen LogP contribution in [0.15, 0.2) is 17.0 Å². The van der Waals surface area contributed by atoms with Crippen LogP contribution in [0.25, 0.3) is 6.08 Å². The summed E-state index contributed by atoms with van der Waals surface area (Å²) in [5.41, 5.74) is 0.715. The predicted octanol–water partition coefficient (Wildman–Crippen LogP) is 3.84. The molecule has 5 nitrogen and oxygen atoms in total. The number of phenols is 1. The first kappa shape index (κ1) is 17.1. The number of nitrogens with zero attached hydrogens (tertiary/aromatic N) is 1. The Balaban J connectivity index is 2.33. The van der Waals surface area contributed by atoms with Crippen molar-refractivity contribution in [1.82, 2.24) is 4.90 Å². The van der Waals surface area contributed by atoms with Crippen LogP contribution in [-0.2, 0) is 4.79 Å². The molecule has 1 aliphatic heterocycles. The average molecular weight is 433 g/mol. The van der Waals surface area contributed by atoms with E-state index in [1.54, 1.807) is 18.2 Å². The number of imide groups is 1. The minimum absolute atomic E-state index is 0.0821. The number of benzene rings is 1. The second kappa shape index (κ2) is 7.36. The lowest BCUT2D eigenvalue weighted by atomic mass is 10.2. The maximum Gasteiger partial charge on any atom is 0.293 e. The van der Waals surface area contributed by atoms with Crippen molar-refractivity contribution in [1.29, 1.82) is 0 Å². The van der Waals surface area contributed by atoms with Crippen LogP contribution in [0.3, 0.4) is 0 Å². The number of hydrogen-bond acceptors (Lipinski definition) is 5. The fourth-order valence-corrected chi connectivity index (χ4v) is 3.50. The van der Waals surface area contributed by atoms with E-state index in [2.05, 4.69) is 0 Å². The van der Waals surface area contributed by atoms with E-state index in [1.807, 2.05) is 36.4 Å². The standard InChI is InChI=1S/C15H16INO4S/c1-3-5-17-14(19)12(22-15(17)20)8-9-6-10(16)13(18)11(7-9)21-4-2/h6-8,18H,3-5H2,1-2H3/b12-8+. The summed E-state index contributed by atoms with van der Waals surface area (Å²) in [4.78, 5) is 25.7. The number of carbonyl (C=O) groups excluding carboxylic acids is 2. The molecule has 2 rings (SSSR count). The second-order valence-corrected chi connectivity index (χ2v) is 6.77. The maximum absolute atomic E-state index is 12.2. The van der Waals surface area contributed by atoms with Crippen LogP contribution in [0.4, 0.5) is 4.79 Å². The first-order chi connectivity index (χ1) is 10.5. The van der Waals surface area contributed by atoms with Gasteiger partial charge in [-0.25, -0.2) is 0 Å². The van der Waals surface area contributed by atoms with E-state index in [0.717, 1.165) is 18.2 Å². The van der Waals surface area contributed by atoms with E-state index < -0.39 is 0 Å². The van der Waals surface area contributed by atoms with Gasteiger partial charge in [-0.1, -0.05) is 6.92 Å². The van der Waals surface area contributed by atoms with Crippen LogP contribution in [-0.4, -0.2) is 34.3 Å². The number of halogens is 1. The summed E-state index contributed by atoms with van der Waals surface area (Å²) in [7, 11) is 0. The van der Waals surface area contributed by atoms with Crippen LogP contribution in [0.2, 0.25) is 0 Å². The molecule has 1 fully saturated rings. The molecule has 1 aromatic rings. The Kier molecular flexibility index (Phi) is 5.74. The van der Waals surface area contributed by atoms with Gasteiger partial charge in [0.05, 0.1) is 15.1 Å². The maximum atomic E-state index is 12.2. The Morgan fingerprint density at radius 2 is 2.09 bits per heavy atom. The third kappa shape index (κ3) is 3.57. The number of amides is 2. The number of hydrogen-bond donors (Lipinski definition) is 1. The monoisotopic (exact) mass is 433 g/mol. The molecule has 1 saturated heterocycles. The second-order valence-electron chi connectivity index (χ2n) is 4.62. The average Bonchev–Trinajstić information content (AvgIpc) is 2.72. The summed E-state index contributed by atoms with van der Waals surface area (Å²) >= 11 is 2.94. The van der Waals surface area contributed by atoms with Gasteiger partial charge in [0.1, 0.15) is 0 Å². The molecule has 0 bridgehead atoms. The Morgan fingerprint density at radius 3 is 2.73 bits per heavy atom. The van der Waals surface area contributed by atoms with Gasteiger partial charge in [-0.05, 0) is 71.5 Å². The van der Waals surface area contributed by atoms with Crippen molar-refractivity contribution in [3.63, 3.8) is 0 Å². The summed E-state index contributed by atoms with van der Waals surface area (Å²) in [6.07, 6.45) is 2.39. The van der Waals surface area contributed by atoms with Gasteiger partial charge in [0.2, 0.25) is 0 Å². The lowest BCUT2D eigenvalue weighted by molar-refractivity contribution is -0.122. The molecule has 7 heteroatoms. The van der Waals surface area contributed by atoms with Crippen molar-refractivity contribution in [3.8, 4) is 11.5 Å². The first-order valence-corrected chi connectivity index (χ1v) is 8.78. The van der Waals surface area contributed by atoms with Gasteiger partial charge in [0.25, 0.3) is 11.1 Å². The molecule has 22 heavy (non-hydrogen) atoms. The Hall–Kier alpha value is -1.22. The molecule has 0 spiro atoms. The molecule has 118 valence electrons.